The molecule has 0 fully saturated rings. The average molecular weight is 262 g/mol. The summed E-state index contributed by atoms with van der Waals surface area (Å²) in [6.45, 7) is 2.03. The van der Waals surface area contributed by atoms with E-state index in [4.69, 9.17) is 23.2 Å². The minimum Gasteiger partial charge on any atom is -0.508 e. The lowest BCUT2D eigenvalue weighted by atomic mass is 10.1. The van der Waals surface area contributed by atoms with E-state index in [-0.39, 0.29) is 11.7 Å². The van der Waals surface area contributed by atoms with Gasteiger partial charge in [0.25, 0.3) is 0 Å². The number of aromatic hydroxyl groups is 1. The van der Waals surface area contributed by atoms with Gasteiger partial charge in [-0.1, -0.05) is 11.6 Å². The highest BCUT2D eigenvalue weighted by molar-refractivity contribution is 6.30. The molecule has 1 rings (SSSR count). The first kappa shape index (κ1) is 13.1. The van der Waals surface area contributed by atoms with Gasteiger partial charge < -0.3 is 10.4 Å². The number of alkyl halides is 1. The molecule has 0 heterocycles. The van der Waals surface area contributed by atoms with Crippen molar-refractivity contribution in [1.29, 1.82) is 0 Å². The van der Waals surface area contributed by atoms with Crippen molar-refractivity contribution in [2.24, 2.45) is 0 Å². The lowest BCUT2D eigenvalue weighted by molar-refractivity contribution is -0.120. The van der Waals surface area contributed by atoms with E-state index in [0.717, 1.165) is 0 Å². The molecule has 1 aromatic rings. The lowest BCUT2D eigenvalue weighted by Crippen LogP contribution is -2.31. The Hall–Kier alpha value is -0.930. The van der Waals surface area contributed by atoms with Gasteiger partial charge in [-0.15, -0.1) is 11.6 Å². The first-order valence-electron chi connectivity index (χ1n) is 4.90. The topological polar surface area (TPSA) is 49.3 Å². The standard InChI is InChI=1S/C11H13Cl2NO2/c1-7(12)11(16)14-5-4-8-6-9(13)2-3-10(8)15/h2-3,6-7,15H,4-5H2,1H3,(H,14,16). The molecule has 1 atom stereocenters. The molecule has 0 aliphatic heterocycles. The van der Waals surface area contributed by atoms with Gasteiger partial charge >= 0.3 is 0 Å². The summed E-state index contributed by atoms with van der Waals surface area (Å²) in [4.78, 5) is 11.2. The number of halogens is 2. The smallest absolute Gasteiger partial charge is 0.237 e. The second-order valence-electron chi connectivity index (χ2n) is 3.43. The molecule has 0 aromatic heterocycles. The van der Waals surface area contributed by atoms with Crippen molar-refractivity contribution >= 4 is 29.1 Å². The average Bonchev–Trinajstić information content (AvgIpc) is 2.22. The highest BCUT2D eigenvalue weighted by Gasteiger charge is 2.08. The quantitative estimate of drug-likeness (QED) is 0.818. The fourth-order valence-electron chi connectivity index (χ4n) is 1.22. The van der Waals surface area contributed by atoms with Gasteiger partial charge in [0.1, 0.15) is 11.1 Å². The van der Waals surface area contributed by atoms with Crippen molar-refractivity contribution < 1.29 is 9.90 Å². The van der Waals surface area contributed by atoms with Crippen LogP contribution in [0, 0.1) is 0 Å². The highest BCUT2D eigenvalue weighted by Crippen LogP contribution is 2.21. The molecule has 88 valence electrons. The predicted octanol–water partition coefficient (Wildman–Crippen LogP) is 2.33. The van der Waals surface area contributed by atoms with E-state index < -0.39 is 5.38 Å². The first-order valence-corrected chi connectivity index (χ1v) is 5.71. The molecule has 1 unspecified atom stereocenters. The van der Waals surface area contributed by atoms with Gasteiger partial charge in [-0.2, -0.15) is 0 Å². The van der Waals surface area contributed by atoms with Crippen LogP contribution in [0.5, 0.6) is 5.75 Å². The van der Waals surface area contributed by atoms with Crippen LogP contribution in [0.4, 0.5) is 0 Å². The summed E-state index contributed by atoms with van der Waals surface area (Å²) in [5.74, 6) is -0.0410. The van der Waals surface area contributed by atoms with Crippen molar-refractivity contribution in [1.82, 2.24) is 5.32 Å². The van der Waals surface area contributed by atoms with E-state index >= 15 is 0 Å². The molecule has 2 N–H and O–H groups in total. The normalized spacial score (nSPS) is 12.2. The minimum absolute atomic E-state index is 0.178. The number of phenolic OH excluding ortho intramolecular Hbond substituents is 1. The molecule has 0 aliphatic rings. The van der Waals surface area contributed by atoms with Crippen molar-refractivity contribution in [2.75, 3.05) is 6.54 Å². The Labute approximate surface area is 104 Å². The summed E-state index contributed by atoms with van der Waals surface area (Å²) < 4.78 is 0. The summed E-state index contributed by atoms with van der Waals surface area (Å²) in [7, 11) is 0. The van der Waals surface area contributed by atoms with Crippen LogP contribution in [0.1, 0.15) is 12.5 Å². The van der Waals surface area contributed by atoms with Crippen LogP contribution in [0.15, 0.2) is 18.2 Å². The highest BCUT2D eigenvalue weighted by atomic mass is 35.5. The maximum atomic E-state index is 11.2. The first-order chi connectivity index (χ1) is 7.50. The third kappa shape index (κ3) is 3.91. The largest absolute Gasteiger partial charge is 0.508 e. The molecule has 0 radical (unpaired) electrons. The molecule has 3 nitrogen and oxygen atoms in total. The maximum Gasteiger partial charge on any atom is 0.237 e. The van der Waals surface area contributed by atoms with Crippen molar-refractivity contribution in [2.45, 2.75) is 18.7 Å². The molecule has 0 bridgehead atoms. The second-order valence-corrected chi connectivity index (χ2v) is 4.52. The second kappa shape index (κ2) is 5.97. The van der Waals surface area contributed by atoms with E-state index in [0.29, 0.717) is 23.6 Å². The van der Waals surface area contributed by atoms with Crippen LogP contribution >= 0.6 is 23.2 Å². The zero-order chi connectivity index (χ0) is 12.1. The predicted molar refractivity (Wildman–Crippen MR) is 65.1 cm³/mol. The Morgan fingerprint density at radius 3 is 2.88 bits per heavy atom. The molecule has 5 heteroatoms. The minimum atomic E-state index is -0.548. The van der Waals surface area contributed by atoms with E-state index in [1.54, 1.807) is 19.1 Å². The van der Waals surface area contributed by atoms with Gasteiger partial charge in [0.15, 0.2) is 0 Å². The van der Waals surface area contributed by atoms with Crippen LogP contribution in [-0.4, -0.2) is 22.9 Å². The fraction of sp³-hybridized carbons (Fsp3) is 0.364. The van der Waals surface area contributed by atoms with Gasteiger partial charge in [0, 0.05) is 11.6 Å². The number of hydrogen-bond donors (Lipinski definition) is 2. The summed E-state index contributed by atoms with van der Waals surface area (Å²) in [5.41, 5.74) is 0.704. The van der Waals surface area contributed by atoms with Crippen LogP contribution in [-0.2, 0) is 11.2 Å². The SMILES string of the molecule is CC(Cl)C(=O)NCCc1cc(Cl)ccc1O. The number of benzene rings is 1. The Bertz CT molecular complexity index is 380. The van der Waals surface area contributed by atoms with Crippen molar-refractivity contribution in [3.05, 3.63) is 28.8 Å². The number of carbonyl (C=O) groups excluding carboxylic acids is 1. The Morgan fingerprint density at radius 2 is 2.25 bits per heavy atom. The molecule has 1 aromatic carbocycles. The molecule has 1 amide bonds. The Balaban J connectivity index is 2.49. The maximum absolute atomic E-state index is 11.2. The number of amides is 1. The molecular weight excluding hydrogens is 249 g/mol. The Morgan fingerprint density at radius 1 is 1.56 bits per heavy atom. The van der Waals surface area contributed by atoms with Gasteiger partial charge in [-0.3, -0.25) is 4.79 Å². The van der Waals surface area contributed by atoms with Crippen LogP contribution in [0.3, 0.4) is 0 Å². The summed E-state index contributed by atoms with van der Waals surface area (Å²) in [5, 5.41) is 12.2. The number of carbonyl (C=O) groups is 1. The van der Waals surface area contributed by atoms with Gasteiger partial charge in [-0.05, 0) is 37.1 Å². The summed E-state index contributed by atoms with van der Waals surface area (Å²) >= 11 is 11.4. The zero-order valence-electron chi connectivity index (χ0n) is 8.84. The third-order valence-corrected chi connectivity index (χ3v) is 2.53. The van der Waals surface area contributed by atoms with E-state index in [9.17, 15) is 9.90 Å². The molecular formula is C11H13Cl2NO2. The lowest BCUT2D eigenvalue weighted by Gasteiger charge is -2.08. The molecule has 0 saturated heterocycles. The van der Waals surface area contributed by atoms with Crippen LogP contribution < -0.4 is 5.32 Å². The molecule has 0 saturated carbocycles. The van der Waals surface area contributed by atoms with E-state index in [1.807, 2.05) is 0 Å². The van der Waals surface area contributed by atoms with Crippen molar-refractivity contribution in [3.8, 4) is 5.75 Å². The summed E-state index contributed by atoms with van der Waals surface area (Å²) in [6.07, 6.45) is 0.516. The van der Waals surface area contributed by atoms with Crippen LogP contribution in [0.25, 0.3) is 0 Å². The number of nitrogens with one attached hydrogen (secondary N) is 1. The number of rotatable bonds is 4. The number of hydrogen-bond acceptors (Lipinski definition) is 2. The number of phenols is 1. The fourth-order valence-corrected chi connectivity index (χ4v) is 1.49. The molecule has 0 aliphatic carbocycles. The zero-order valence-corrected chi connectivity index (χ0v) is 10.3. The van der Waals surface area contributed by atoms with E-state index in [1.165, 1.54) is 6.07 Å². The van der Waals surface area contributed by atoms with E-state index in [2.05, 4.69) is 5.32 Å². The van der Waals surface area contributed by atoms with Gasteiger partial charge in [0.2, 0.25) is 5.91 Å². The Kier molecular flexibility index (Phi) is 4.90. The van der Waals surface area contributed by atoms with Gasteiger partial charge in [0.05, 0.1) is 0 Å². The third-order valence-electron chi connectivity index (χ3n) is 2.10. The van der Waals surface area contributed by atoms with Crippen molar-refractivity contribution in [3.63, 3.8) is 0 Å². The van der Waals surface area contributed by atoms with Crippen LogP contribution in [0.2, 0.25) is 5.02 Å². The monoisotopic (exact) mass is 261 g/mol. The van der Waals surface area contributed by atoms with Gasteiger partial charge in [-0.25, -0.2) is 0 Å². The summed E-state index contributed by atoms with van der Waals surface area (Å²) in [6, 6.07) is 4.82. The molecule has 16 heavy (non-hydrogen) atoms. The molecule has 0 spiro atoms.